The van der Waals surface area contributed by atoms with Crippen LogP contribution >= 0.6 is 0 Å². The van der Waals surface area contributed by atoms with Crippen molar-refractivity contribution in [2.45, 2.75) is 19.9 Å². The van der Waals surface area contributed by atoms with E-state index in [4.69, 9.17) is 9.47 Å². The molecule has 0 unspecified atom stereocenters. The Morgan fingerprint density at radius 2 is 1.79 bits per heavy atom. The molecule has 7 heteroatoms. The van der Waals surface area contributed by atoms with Gasteiger partial charge in [-0.3, -0.25) is 9.69 Å². The maximum absolute atomic E-state index is 13.2. The SMILES string of the molecule is Cc1ccc(CN2CCCN(c3cccc(C(=O)Nc4ccc5c(c4)OCO5)c3)C2=O)cc1. The summed E-state index contributed by atoms with van der Waals surface area (Å²) in [7, 11) is 0. The zero-order valence-electron chi connectivity index (χ0n) is 18.4. The molecule has 0 aliphatic carbocycles. The average molecular weight is 444 g/mol. The van der Waals surface area contributed by atoms with E-state index in [-0.39, 0.29) is 18.7 Å². The maximum atomic E-state index is 13.2. The number of carbonyl (C=O) groups is 2. The number of anilines is 2. The van der Waals surface area contributed by atoms with Crippen LogP contribution in [0.5, 0.6) is 11.5 Å². The number of ether oxygens (including phenoxy) is 2. The van der Waals surface area contributed by atoms with Gasteiger partial charge in [-0.05, 0) is 49.2 Å². The Bertz CT molecular complexity index is 1190. The minimum atomic E-state index is -0.253. The Morgan fingerprint density at radius 1 is 0.970 bits per heavy atom. The van der Waals surface area contributed by atoms with Gasteiger partial charge in [-0.2, -0.15) is 0 Å². The Labute approximate surface area is 192 Å². The smallest absolute Gasteiger partial charge is 0.324 e. The molecule has 0 radical (unpaired) electrons. The molecular formula is C26H25N3O4. The lowest BCUT2D eigenvalue weighted by molar-refractivity contribution is 0.102. The van der Waals surface area contributed by atoms with Crippen molar-refractivity contribution in [2.75, 3.05) is 30.1 Å². The van der Waals surface area contributed by atoms with Gasteiger partial charge < -0.3 is 19.7 Å². The van der Waals surface area contributed by atoms with E-state index in [2.05, 4.69) is 29.6 Å². The molecule has 0 saturated carbocycles. The third-order valence-electron chi connectivity index (χ3n) is 5.86. The summed E-state index contributed by atoms with van der Waals surface area (Å²) >= 11 is 0. The lowest BCUT2D eigenvalue weighted by Crippen LogP contribution is -2.49. The fourth-order valence-corrected chi connectivity index (χ4v) is 4.07. The fourth-order valence-electron chi connectivity index (χ4n) is 4.07. The molecule has 7 nitrogen and oxygen atoms in total. The largest absolute Gasteiger partial charge is 0.454 e. The third kappa shape index (κ3) is 4.48. The molecule has 0 aromatic heterocycles. The summed E-state index contributed by atoms with van der Waals surface area (Å²) in [5, 5.41) is 2.89. The fraction of sp³-hybridized carbons (Fsp3) is 0.231. The van der Waals surface area contributed by atoms with Gasteiger partial charge in [0, 0.05) is 42.6 Å². The van der Waals surface area contributed by atoms with Gasteiger partial charge in [0.05, 0.1) is 0 Å². The van der Waals surface area contributed by atoms with Gasteiger partial charge in [0.25, 0.3) is 5.91 Å². The molecule has 0 bridgehead atoms. The Balaban J connectivity index is 1.30. The minimum absolute atomic E-state index is 0.0462. The molecule has 3 aromatic rings. The first-order valence-electron chi connectivity index (χ1n) is 11.0. The number of rotatable bonds is 5. The van der Waals surface area contributed by atoms with Crippen LogP contribution in [0.2, 0.25) is 0 Å². The first kappa shape index (κ1) is 20.9. The van der Waals surface area contributed by atoms with Crippen molar-refractivity contribution in [1.29, 1.82) is 0 Å². The van der Waals surface area contributed by atoms with Crippen LogP contribution in [0.25, 0.3) is 0 Å². The highest BCUT2D eigenvalue weighted by Crippen LogP contribution is 2.34. The number of urea groups is 1. The summed E-state index contributed by atoms with van der Waals surface area (Å²) in [5.74, 6) is 1.01. The highest BCUT2D eigenvalue weighted by molar-refractivity contribution is 6.05. The molecular weight excluding hydrogens is 418 g/mol. The average Bonchev–Trinajstić information content (AvgIpc) is 3.30. The highest BCUT2D eigenvalue weighted by atomic mass is 16.7. The van der Waals surface area contributed by atoms with Crippen molar-refractivity contribution < 1.29 is 19.1 Å². The molecule has 1 saturated heterocycles. The summed E-state index contributed by atoms with van der Waals surface area (Å²) in [6, 6.07) is 20.6. The number of benzene rings is 3. The minimum Gasteiger partial charge on any atom is -0.454 e. The second kappa shape index (κ2) is 8.86. The summed E-state index contributed by atoms with van der Waals surface area (Å²) in [4.78, 5) is 29.7. The number of nitrogens with zero attached hydrogens (tertiary/aromatic N) is 2. The molecule has 2 aliphatic heterocycles. The molecule has 5 rings (SSSR count). The number of nitrogens with one attached hydrogen (secondary N) is 1. The number of aryl methyl sites for hydroxylation is 1. The van der Waals surface area contributed by atoms with Gasteiger partial charge in [0.2, 0.25) is 6.79 Å². The summed E-state index contributed by atoms with van der Waals surface area (Å²) in [5.41, 5.74) is 4.11. The van der Waals surface area contributed by atoms with E-state index in [1.165, 1.54) is 5.56 Å². The van der Waals surface area contributed by atoms with Gasteiger partial charge >= 0.3 is 6.03 Å². The maximum Gasteiger partial charge on any atom is 0.324 e. The van der Waals surface area contributed by atoms with Crippen LogP contribution in [0.15, 0.2) is 66.7 Å². The van der Waals surface area contributed by atoms with Crippen LogP contribution in [0, 0.1) is 6.92 Å². The summed E-state index contributed by atoms with van der Waals surface area (Å²) in [6.45, 7) is 4.14. The molecule has 2 heterocycles. The molecule has 168 valence electrons. The van der Waals surface area contributed by atoms with E-state index in [9.17, 15) is 9.59 Å². The van der Waals surface area contributed by atoms with Crippen LogP contribution in [-0.4, -0.2) is 36.7 Å². The molecule has 3 aromatic carbocycles. The van der Waals surface area contributed by atoms with Crippen LogP contribution in [0.4, 0.5) is 16.2 Å². The number of hydrogen-bond acceptors (Lipinski definition) is 4. The standard InChI is InChI=1S/C26H25N3O4/c1-18-6-8-19(9-7-18)16-28-12-3-13-29(26(28)31)22-5-2-4-20(14-22)25(30)27-21-10-11-23-24(15-21)33-17-32-23/h2,4-11,14-15H,3,12-13,16-17H2,1H3,(H,27,30). The predicted octanol–water partition coefficient (Wildman–Crippen LogP) is 4.81. The molecule has 2 aliphatic rings. The van der Waals surface area contributed by atoms with Crippen LogP contribution in [0.1, 0.15) is 27.9 Å². The third-order valence-corrected chi connectivity index (χ3v) is 5.86. The highest BCUT2D eigenvalue weighted by Gasteiger charge is 2.27. The topological polar surface area (TPSA) is 71.1 Å². The Kier molecular flexibility index (Phi) is 5.60. The number of amides is 3. The van der Waals surface area contributed by atoms with Crippen molar-refractivity contribution >= 4 is 23.3 Å². The second-order valence-electron chi connectivity index (χ2n) is 8.27. The molecule has 1 fully saturated rings. The van der Waals surface area contributed by atoms with Crippen molar-refractivity contribution in [1.82, 2.24) is 4.90 Å². The van der Waals surface area contributed by atoms with E-state index in [1.807, 2.05) is 17.9 Å². The van der Waals surface area contributed by atoms with Gasteiger partial charge in [0.15, 0.2) is 11.5 Å². The molecule has 3 amide bonds. The van der Waals surface area contributed by atoms with Crippen LogP contribution < -0.4 is 19.7 Å². The molecule has 0 spiro atoms. The number of carbonyl (C=O) groups excluding carboxylic acids is 2. The van der Waals surface area contributed by atoms with Gasteiger partial charge in [-0.25, -0.2) is 4.79 Å². The first-order chi connectivity index (χ1) is 16.1. The van der Waals surface area contributed by atoms with Gasteiger partial charge in [-0.15, -0.1) is 0 Å². The summed E-state index contributed by atoms with van der Waals surface area (Å²) in [6.07, 6.45) is 0.866. The second-order valence-corrected chi connectivity index (χ2v) is 8.27. The van der Waals surface area contributed by atoms with Crippen LogP contribution in [-0.2, 0) is 6.54 Å². The number of fused-ring (bicyclic) bond motifs is 1. The lowest BCUT2D eigenvalue weighted by atomic mass is 10.1. The lowest BCUT2D eigenvalue weighted by Gasteiger charge is -2.36. The zero-order chi connectivity index (χ0) is 22.8. The summed E-state index contributed by atoms with van der Waals surface area (Å²) < 4.78 is 10.7. The van der Waals surface area contributed by atoms with E-state index in [0.717, 1.165) is 12.0 Å². The van der Waals surface area contributed by atoms with E-state index < -0.39 is 0 Å². The van der Waals surface area contributed by atoms with Crippen molar-refractivity contribution in [3.8, 4) is 11.5 Å². The normalized spacial score (nSPS) is 15.0. The van der Waals surface area contributed by atoms with Gasteiger partial charge in [-0.1, -0.05) is 35.9 Å². The Hall–Kier alpha value is -4.00. The molecule has 1 N–H and O–H groups in total. The molecule has 0 atom stereocenters. The van der Waals surface area contributed by atoms with Gasteiger partial charge in [0.1, 0.15) is 0 Å². The molecule has 33 heavy (non-hydrogen) atoms. The van der Waals surface area contributed by atoms with Crippen LogP contribution in [0.3, 0.4) is 0 Å². The zero-order valence-corrected chi connectivity index (χ0v) is 18.4. The van der Waals surface area contributed by atoms with E-state index in [0.29, 0.717) is 48.1 Å². The van der Waals surface area contributed by atoms with Crippen molar-refractivity contribution in [3.63, 3.8) is 0 Å². The predicted molar refractivity (Wildman–Crippen MR) is 126 cm³/mol. The quantitative estimate of drug-likeness (QED) is 0.614. The monoisotopic (exact) mass is 443 g/mol. The number of hydrogen-bond donors (Lipinski definition) is 1. The first-order valence-corrected chi connectivity index (χ1v) is 11.0. The van der Waals surface area contributed by atoms with E-state index >= 15 is 0 Å². The Morgan fingerprint density at radius 3 is 2.64 bits per heavy atom. The van der Waals surface area contributed by atoms with Crippen molar-refractivity contribution in [2.24, 2.45) is 0 Å². The van der Waals surface area contributed by atoms with E-state index in [1.54, 1.807) is 41.3 Å². The van der Waals surface area contributed by atoms with Crippen molar-refractivity contribution in [3.05, 3.63) is 83.4 Å².